The molecule has 100 valence electrons. The van der Waals surface area contributed by atoms with Gasteiger partial charge in [-0.3, -0.25) is 4.79 Å². The Morgan fingerprint density at radius 1 is 1.50 bits per heavy atom. The molecule has 6 heteroatoms. The second-order valence-electron chi connectivity index (χ2n) is 4.15. The Balaban J connectivity index is 0.00000162. The fourth-order valence-corrected chi connectivity index (χ4v) is 2.26. The van der Waals surface area contributed by atoms with Crippen LogP contribution in [0.15, 0.2) is 22.7 Å². The predicted octanol–water partition coefficient (Wildman–Crippen LogP) is 2.49. The third kappa shape index (κ3) is 3.93. The molecule has 1 aromatic carbocycles. The first-order chi connectivity index (χ1) is 8.16. The lowest BCUT2D eigenvalue weighted by molar-refractivity contribution is 0.0930. The van der Waals surface area contributed by atoms with Crippen LogP contribution in [0.3, 0.4) is 0 Å². The molecular formula is C12H15BrClFN2O. The van der Waals surface area contributed by atoms with E-state index in [9.17, 15) is 9.18 Å². The van der Waals surface area contributed by atoms with Gasteiger partial charge in [0.25, 0.3) is 5.91 Å². The highest BCUT2D eigenvalue weighted by Crippen LogP contribution is 2.17. The molecule has 1 aliphatic heterocycles. The standard InChI is InChI=1S/C12H14BrFN2O.ClH/c13-10-6-8(3-4-11(10)14)12(17)16-9-2-1-5-15-7-9;/h3-4,6,9,15H,1-2,5,7H2,(H,16,17);1H. The van der Waals surface area contributed by atoms with E-state index in [-0.39, 0.29) is 30.2 Å². The predicted molar refractivity (Wildman–Crippen MR) is 74.7 cm³/mol. The molecule has 2 rings (SSSR count). The maximum Gasteiger partial charge on any atom is 0.251 e. The quantitative estimate of drug-likeness (QED) is 0.870. The highest BCUT2D eigenvalue weighted by atomic mass is 79.9. The zero-order valence-electron chi connectivity index (χ0n) is 9.71. The van der Waals surface area contributed by atoms with Crippen LogP contribution in [-0.2, 0) is 0 Å². The van der Waals surface area contributed by atoms with Crippen LogP contribution in [0.25, 0.3) is 0 Å². The third-order valence-electron chi connectivity index (χ3n) is 2.81. The number of carbonyl (C=O) groups excluding carboxylic acids is 1. The Morgan fingerprint density at radius 2 is 2.28 bits per heavy atom. The monoisotopic (exact) mass is 336 g/mol. The molecule has 2 N–H and O–H groups in total. The molecule has 1 saturated heterocycles. The largest absolute Gasteiger partial charge is 0.348 e. The van der Waals surface area contributed by atoms with Crippen LogP contribution in [0, 0.1) is 5.82 Å². The van der Waals surface area contributed by atoms with Crippen molar-refractivity contribution in [3.63, 3.8) is 0 Å². The maximum absolute atomic E-state index is 13.0. The van der Waals surface area contributed by atoms with E-state index in [2.05, 4.69) is 26.6 Å². The first-order valence-electron chi connectivity index (χ1n) is 5.63. The zero-order chi connectivity index (χ0) is 12.3. The van der Waals surface area contributed by atoms with Gasteiger partial charge in [-0.25, -0.2) is 4.39 Å². The van der Waals surface area contributed by atoms with Crippen molar-refractivity contribution in [2.45, 2.75) is 18.9 Å². The minimum atomic E-state index is -0.360. The summed E-state index contributed by atoms with van der Waals surface area (Å²) in [6, 6.07) is 4.45. The fraction of sp³-hybridized carbons (Fsp3) is 0.417. The van der Waals surface area contributed by atoms with E-state index in [1.807, 2.05) is 0 Å². The van der Waals surface area contributed by atoms with Gasteiger partial charge in [0.1, 0.15) is 5.82 Å². The van der Waals surface area contributed by atoms with E-state index in [1.165, 1.54) is 18.2 Å². The van der Waals surface area contributed by atoms with Gasteiger partial charge in [0.2, 0.25) is 0 Å². The summed E-state index contributed by atoms with van der Waals surface area (Å²) in [5.41, 5.74) is 0.476. The van der Waals surface area contributed by atoms with Crippen LogP contribution in [0.1, 0.15) is 23.2 Å². The van der Waals surface area contributed by atoms with Crippen molar-refractivity contribution in [3.8, 4) is 0 Å². The van der Waals surface area contributed by atoms with Gasteiger partial charge < -0.3 is 10.6 Å². The van der Waals surface area contributed by atoms with Gasteiger partial charge in [0, 0.05) is 18.2 Å². The first kappa shape index (κ1) is 15.4. The summed E-state index contributed by atoms with van der Waals surface area (Å²) in [7, 11) is 0. The average molecular weight is 338 g/mol. The van der Waals surface area contributed by atoms with E-state index in [0.717, 1.165) is 25.9 Å². The summed E-state index contributed by atoms with van der Waals surface area (Å²) in [6.07, 6.45) is 2.05. The van der Waals surface area contributed by atoms with Gasteiger partial charge in [-0.15, -0.1) is 12.4 Å². The molecule has 3 nitrogen and oxygen atoms in total. The Bertz CT molecular complexity index is 425. The molecule has 1 fully saturated rings. The second-order valence-corrected chi connectivity index (χ2v) is 5.00. The van der Waals surface area contributed by atoms with Gasteiger partial charge >= 0.3 is 0 Å². The number of benzene rings is 1. The molecule has 1 aliphatic rings. The molecule has 1 unspecified atom stereocenters. The summed E-state index contributed by atoms with van der Waals surface area (Å²) in [5, 5.41) is 6.17. The minimum Gasteiger partial charge on any atom is -0.348 e. The van der Waals surface area contributed by atoms with Crippen LogP contribution < -0.4 is 10.6 Å². The Hall–Kier alpha value is -0.650. The topological polar surface area (TPSA) is 41.1 Å². The number of halogens is 3. The average Bonchev–Trinajstić information content (AvgIpc) is 2.34. The number of piperidine rings is 1. The van der Waals surface area contributed by atoms with Crippen LogP contribution >= 0.6 is 28.3 Å². The Labute approximate surface area is 120 Å². The maximum atomic E-state index is 13.0. The van der Waals surface area contributed by atoms with Crippen molar-refractivity contribution in [2.24, 2.45) is 0 Å². The van der Waals surface area contributed by atoms with E-state index in [1.54, 1.807) is 0 Å². The van der Waals surface area contributed by atoms with E-state index in [4.69, 9.17) is 0 Å². The molecule has 0 radical (unpaired) electrons. The summed E-state index contributed by atoms with van der Waals surface area (Å²) in [6.45, 7) is 1.81. The zero-order valence-corrected chi connectivity index (χ0v) is 12.1. The highest BCUT2D eigenvalue weighted by molar-refractivity contribution is 9.10. The smallest absolute Gasteiger partial charge is 0.251 e. The molecule has 0 saturated carbocycles. The van der Waals surface area contributed by atoms with Crippen molar-refractivity contribution in [1.82, 2.24) is 10.6 Å². The van der Waals surface area contributed by atoms with Crippen molar-refractivity contribution < 1.29 is 9.18 Å². The molecule has 1 heterocycles. The van der Waals surface area contributed by atoms with Gasteiger partial charge in [-0.2, -0.15) is 0 Å². The molecule has 1 amide bonds. The minimum absolute atomic E-state index is 0. The van der Waals surface area contributed by atoms with Gasteiger partial charge in [-0.1, -0.05) is 0 Å². The highest BCUT2D eigenvalue weighted by Gasteiger charge is 2.16. The van der Waals surface area contributed by atoms with E-state index >= 15 is 0 Å². The molecule has 0 aromatic heterocycles. The van der Waals surface area contributed by atoms with Gasteiger partial charge in [0.05, 0.1) is 4.47 Å². The molecule has 0 spiro atoms. The van der Waals surface area contributed by atoms with Crippen molar-refractivity contribution >= 4 is 34.2 Å². The third-order valence-corrected chi connectivity index (χ3v) is 3.42. The van der Waals surface area contributed by atoms with Crippen LogP contribution in [0.4, 0.5) is 4.39 Å². The lowest BCUT2D eigenvalue weighted by Gasteiger charge is -2.23. The number of rotatable bonds is 2. The molecule has 18 heavy (non-hydrogen) atoms. The molecular weight excluding hydrogens is 322 g/mol. The van der Waals surface area contributed by atoms with Crippen molar-refractivity contribution in [1.29, 1.82) is 0 Å². The molecule has 1 aromatic rings. The SMILES string of the molecule is Cl.O=C(NC1CCCNC1)c1ccc(F)c(Br)c1. The number of amides is 1. The number of hydrogen-bond donors (Lipinski definition) is 2. The lowest BCUT2D eigenvalue weighted by atomic mass is 10.1. The summed E-state index contributed by atoms with van der Waals surface area (Å²) in [5.74, 6) is -0.514. The molecule has 0 bridgehead atoms. The molecule has 0 aliphatic carbocycles. The van der Waals surface area contributed by atoms with Gasteiger partial charge in [-0.05, 0) is 53.5 Å². The Morgan fingerprint density at radius 3 is 2.89 bits per heavy atom. The normalized spacial score (nSPS) is 18.9. The van der Waals surface area contributed by atoms with E-state index in [0.29, 0.717) is 10.0 Å². The first-order valence-corrected chi connectivity index (χ1v) is 6.43. The van der Waals surface area contributed by atoms with Crippen molar-refractivity contribution in [3.05, 3.63) is 34.1 Å². The van der Waals surface area contributed by atoms with Gasteiger partial charge in [0.15, 0.2) is 0 Å². The van der Waals surface area contributed by atoms with E-state index < -0.39 is 0 Å². The molecule has 1 atom stereocenters. The summed E-state index contributed by atoms with van der Waals surface area (Å²) in [4.78, 5) is 11.9. The number of nitrogens with one attached hydrogen (secondary N) is 2. The Kier molecular flexibility index (Phi) is 6.05. The van der Waals surface area contributed by atoms with Crippen LogP contribution in [0.2, 0.25) is 0 Å². The van der Waals surface area contributed by atoms with Crippen molar-refractivity contribution in [2.75, 3.05) is 13.1 Å². The lowest BCUT2D eigenvalue weighted by Crippen LogP contribution is -2.45. The van der Waals surface area contributed by atoms with Crippen LogP contribution in [0.5, 0.6) is 0 Å². The fourth-order valence-electron chi connectivity index (χ4n) is 1.88. The summed E-state index contributed by atoms with van der Waals surface area (Å²) >= 11 is 3.07. The summed E-state index contributed by atoms with van der Waals surface area (Å²) < 4.78 is 13.3. The number of carbonyl (C=O) groups is 1. The number of hydrogen-bond acceptors (Lipinski definition) is 2. The van der Waals surface area contributed by atoms with Crippen LogP contribution in [-0.4, -0.2) is 25.0 Å². The second kappa shape index (κ2) is 7.07.